The highest BCUT2D eigenvalue weighted by molar-refractivity contribution is 6.33. The average Bonchev–Trinajstić information content (AvgIpc) is 2.31. The maximum atomic E-state index is 11.6. The molecule has 1 aromatic carbocycles. The summed E-state index contributed by atoms with van der Waals surface area (Å²) in [7, 11) is 0. The first-order valence-electron chi connectivity index (χ1n) is 4.80. The number of ether oxygens (including phenoxy) is 1. The Labute approximate surface area is 98.0 Å². The van der Waals surface area contributed by atoms with Crippen LogP contribution in [-0.4, -0.2) is 25.7 Å². The molecule has 0 unspecified atom stereocenters. The first kappa shape index (κ1) is 10.9. The Bertz CT molecular complexity index is 468. The Balaban J connectivity index is 2.38. The zero-order valence-electron chi connectivity index (χ0n) is 8.44. The molecular formula is C11H9ClN2O2. The van der Waals surface area contributed by atoms with E-state index in [1.54, 1.807) is 23.1 Å². The minimum Gasteiger partial charge on any atom is -0.370 e. The molecule has 0 N–H and O–H groups in total. The van der Waals surface area contributed by atoms with Gasteiger partial charge in [0.15, 0.2) is 0 Å². The highest BCUT2D eigenvalue weighted by Crippen LogP contribution is 2.27. The molecule has 0 aliphatic carbocycles. The van der Waals surface area contributed by atoms with Crippen molar-refractivity contribution >= 4 is 23.2 Å². The molecule has 1 aliphatic rings. The summed E-state index contributed by atoms with van der Waals surface area (Å²) in [5.74, 6) is -0.136. The number of benzene rings is 1. The molecule has 16 heavy (non-hydrogen) atoms. The lowest BCUT2D eigenvalue weighted by molar-refractivity contribution is -0.125. The van der Waals surface area contributed by atoms with E-state index in [9.17, 15) is 4.79 Å². The van der Waals surface area contributed by atoms with Gasteiger partial charge in [0.2, 0.25) is 0 Å². The van der Waals surface area contributed by atoms with Gasteiger partial charge in [-0.05, 0) is 18.2 Å². The van der Waals surface area contributed by atoms with Crippen LogP contribution in [0.1, 0.15) is 5.56 Å². The fourth-order valence-electron chi connectivity index (χ4n) is 1.56. The Morgan fingerprint density at radius 2 is 2.31 bits per heavy atom. The number of morpholine rings is 1. The van der Waals surface area contributed by atoms with E-state index in [0.29, 0.717) is 29.4 Å². The smallest absolute Gasteiger partial charge is 0.253 e. The molecule has 5 heteroatoms. The van der Waals surface area contributed by atoms with Crippen molar-refractivity contribution in [1.29, 1.82) is 5.26 Å². The Morgan fingerprint density at radius 1 is 1.50 bits per heavy atom. The molecule has 0 saturated carbocycles. The summed E-state index contributed by atoms with van der Waals surface area (Å²) in [6.07, 6.45) is 0. The quantitative estimate of drug-likeness (QED) is 0.744. The number of carbonyl (C=O) groups is 1. The Morgan fingerprint density at radius 3 is 3.00 bits per heavy atom. The number of nitriles is 1. The van der Waals surface area contributed by atoms with Crippen LogP contribution >= 0.6 is 11.6 Å². The van der Waals surface area contributed by atoms with Gasteiger partial charge in [0, 0.05) is 6.54 Å². The second kappa shape index (κ2) is 4.52. The second-order valence-electron chi connectivity index (χ2n) is 3.38. The van der Waals surface area contributed by atoms with Crippen LogP contribution in [0.4, 0.5) is 5.69 Å². The molecule has 1 saturated heterocycles. The van der Waals surface area contributed by atoms with Crippen LogP contribution < -0.4 is 4.90 Å². The van der Waals surface area contributed by atoms with Crippen LogP contribution in [0.3, 0.4) is 0 Å². The van der Waals surface area contributed by atoms with Crippen LogP contribution in [-0.2, 0) is 9.53 Å². The van der Waals surface area contributed by atoms with Crippen molar-refractivity contribution in [3.05, 3.63) is 28.8 Å². The molecule has 1 heterocycles. The van der Waals surface area contributed by atoms with Gasteiger partial charge in [-0.2, -0.15) is 5.26 Å². The summed E-state index contributed by atoms with van der Waals surface area (Å²) in [5.41, 5.74) is 1.06. The van der Waals surface area contributed by atoms with E-state index in [-0.39, 0.29) is 12.5 Å². The standard InChI is InChI=1S/C11H9ClN2O2/c12-9-2-1-8(6-13)5-10(9)14-3-4-16-7-11(14)15/h1-2,5H,3-4,7H2. The van der Waals surface area contributed by atoms with E-state index < -0.39 is 0 Å². The van der Waals surface area contributed by atoms with E-state index in [1.165, 1.54) is 0 Å². The molecule has 1 fully saturated rings. The van der Waals surface area contributed by atoms with Gasteiger partial charge in [-0.25, -0.2) is 0 Å². The van der Waals surface area contributed by atoms with E-state index in [4.69, 9.17) is 21.6 Å². The third-order valence-electron chi connectivity index (χ3n) is 2.35. The predicted octanol–water partition coefficient (Wildman–Crippen LogP) is 1.57. The van der Waals surface area contributed by atoms with Crippen molar-refractivity contribution in [3.63, 3.8) is 0 Å². The van der Waals surface area contributed by atoms with E-state index >= 15 is 0 Å². The zero-order chi connectivity index (χ0) is 11.5. The number of anilines is 1. The molecule has 1 aromatic rings. The fraction of sp³-hybridized carbons (Fsp3) is 0.273. The maximum Gasteiger partial charge on any atom is 0.253 e. The van der Waals surface area contributed by atoms with Gasteiger partial charge in [-0.15, -0.1) is 0 Å². The summed E-state index contributed by atoms with van der Waals surface area (Å²) >= 11 is 6.01. The van der Waals surface area contributed by atoms with Crippen LogP contribution in [0.5, 0.6) is 0 Å². The zero-order valence-corrected chi connectivity index (χ0v) is 9.20. The van der Waals surface area contributed by atoms with Crippen molar-refractivity contribution in [2.45, 2.75) is 0 Å². The van der Waals surface area contributed by atoms with Crippen LogP contribution in [0.25, 0.3) is 0 Å². The molecule has 0 radical (unpaired) electrons. The number of nitrogens with zero attached hydrogens (tertiary/aromatic N) is 2. The predicted molar refractivity (Wildman–Crippen MR) is 59.3 cm³/mol. The number of rotatable bonds is 1. The lowest BCUT2D eigenvalue weighted by Gasteiger charge is -2.27. The Hall–Kier alpha value is -1.57. The molecule has 1 aliphatic heterocycles. The molecule has 0 aromatic heterocycles. The topological polar surface area (TPSA) is 53.3 Å². The van der Waals surface area contributed by atoms with Gasteiger partial charge >= 0.3 is 0 Å². The first-order chi connectivity index (χ1) is 7.72. The monoisotopic (exact) mass is 236 g/mol. The van der Waals surface area contributed by atoms with Gasteiger partial charge in [-0.1, -0.05) is 11.6 Å². The highest BCUT2D eigenvalue weighted by Gasteiger charge is 2.22. The van der Waals surface area contributed by atoms with E-state index in [2.05, 4.69) is 0 Å². The van der Waals surface area contributed by atoms with Crippen molar-refractivity contribution in [2.75, 3.05) is 24.7 Å². The van der Waals surface area contributed by atoms with Gasteiger partial charge in [0.05, 0.1) is 28.9 Å². The van der Waals surface area contributed by atoms with Gasteiger partial charge in [0.25, 0.3) is 5.91 Å². The Kier molecular flexibility index (Phi) is 3.09. The first-order valence-corrected chi connectivity index (χ1v) is 5.18. The molecule has 0 spiro atoms. The van der Waals surface area contributed by atoms with Crippen LogP contribution in [0, 0.1) is 11.3 Å². The molecule has 2 rings (SSSR count). The van der Waals surface area contributed by atoms with Crippen molar-refractivity contribution in [3.8, 4) is 6.07 Å². The summed E-state index contributed by atoms with van der Waals surface area (Å²) in [6, 6.07) is 6.88. The minimum atomic E-state index is -0.136. The number of amides is 1. The molecular weight excluding hydrogens is 228 g/mol. The normalized spacial score (nSPS) is 16.0. The number of hydrogen-bond donors (Lipinski definition) is 0. The van der Waals surface area contributed by atoms with E-state index in [1.807, 2.05) is 6.07 Å². The van der Waals surface area contributed by atoms with E-state index in [0.717, 1.165) is 0 Å². The second-order valence-corrected chi connectivity index (χ2v) is 3.78. The molecule has 82 valence electrons. The van der Waals surface area contributed by atoms with Gasteiger partial charge < -0.3 is 9.64 Å². The highest BCUT2D eigenvalue weighted by atomic mass is 35.5. The number of carbonyl (C=O) groups excluding carboxylic acids is 1. The molecule has 4 nitrogen and oxygen atoms in total. The minimum absolute atomic E-state index is 0.0626. The summed E-state index contributed by atoms with van der Waals surface area (Å²) in [5, 5.41) is 9.26. The third kappa shape index (κ3) is 2.01. The number of halogens is 1. The number of hydrogen-bond acceptors (Lipinski definition) is 3. The summed E-state index contributed by atoms with van der Waals surface area (Å²) < 4.78 is 5.03. The van der Waals surface area contributed by atoms with Crippen molar-refractivity contribution in [1.82, 2.24) is 0 Å². The summed E-state index contributed by atoms with van der Waals surface area (Å²) in [4.78, 5) is 13.2. The molecule has 0 bridgehead atoms. The van der Waals surface area contributed by atoms with Crippen molar-refractivity contribution in [2.24, 2.45) is 0 Å². The molecule has 0 atom stereocenters. The average molecular weight is 237 g/mol. The third-order valence-corrected chi connectivity index (χ3v) is 2.67. The van der Waals surface area contributed by atoms with Crippen molar-refractivity contribution < 1.29 is 9.53 Å². The lowest BCUT2D eigenvalue weighted by Crippen LogP contribution is -2.41. The fourth-order valence-corrected chi connectivity index (χ4v) is 1.78. The van der Waals surface area contributed by atoms with Gasteiger partial charge in [-0.3, -0.25) is 4.79 Å². The maximum absolute atomic E-state index is 11.6. The lowest BCUT2D eigenvalue weighted by atomic mass is 10.2. The van der Waals surface area contributed by atoms with Crippen LogP contribution in [0.2, 0.25) is 5.02 Å². The SMILES string of the molecule is N#Cc1ccc(Cl)c(N2CCOCC2=O)c1. The molecule has 1 amide bonds. The van der Waals surface area contributed by atoms with Gasteiger partial charge in [0.1, 0.15) is 6.61 Å². The largest absolute Gasteiger partial charge is 0.370 e. The summed E-state index contributed by atoms with van der Waals surface area (Å²) in [6.45, 7) is 1.01. The van der Waals surface area contributed by atoms with Crippen LogP contribution in [0.15, 0.2) is 18.2 Å².